The molecule has 3 rings (SSSR count). The monoisotopic (exact) mass is 354 g/mol. The van der Waals surface area contributed by atoms with Gasteiger partial charge in [0.1, 0.15) is 0 Å². The molecule has 1 nitrogen and oxygen atoms in total. The van der Waals surface area contributed by atoms with Crippen molar-refractivity contribution in [3.05, 3.63) is 41.7 Å². The number of rotatable bonds is 1. The third-order valence-corrected chi connectivity index (χ3v) is 6.64. The van der Waals surface area contributed by atoms with Crippen LogP contribution in [-0.4, -0.2) is 3.92 Å². The Labute approximate surface area is 123 Å². The summed E-state index contributed by atoms with van der Waals surface area (Å²) in [4.78, 5) is 0. The van der Waals surface area contributed by atoms with Gasteiger partial charge in [0.05, 0.1) is 3.92 Å². The van der Waals surface area contributed by atoms with Crippen LogP contribution in [0.2, 0.25) is 0 Å². The summed E-state index contributed by atoms with van der Waals surface area (Å²) in [6.45, 7) is 4.66. The number of allylic oxidation sites excluding steroid dienone is 2. The summed E-state index contributed by atoms with van der Waals surface area (Å²) in [5, 5.41) is 0. The third-order valence-electron chi connectivity index (χ3n) is 4.89. The van der Waals surface area contributed by atoms with Crippen molar-refractivity contribution < 1.29 is 4.57 Å². The van der Waals surface area contributed by atoms with Crippen molar-refractivity contribution >= 4 is 22.6 Å². The molecule has 0 aromatic carbocycles. The third kappa shape index (κ3) is 2.13. The van der Waals surface area contributed by atoms with Gasteiger partial charge in [-0.25, -0.2) is 4.57 Å². The molecule has 1 aromatic heterocycles. The van der Waals surface area contributed by atoms with Crippen LogP contribution in [0.25, 0.3) is 0 Å². The molecule has 0 amide bonds. The van der Waals surface area contributed by atoms with Gasteiger partial charge in [-0.2, -0.15) is 0 Å². The lowest BCUT2D eigenvalue weighted by atomic mass is 9.79. The van der Waals surface area contributed by atoms with Crippen LogP contribution >= 0.6 is 22.6 Å². The molecule has 2 heteroatoms. The average Bonchev–Trinajstić information content (AvgIpc) is 2.69. The van der Waals surface area contributed by atoms with Crippen LogP contribution in [0.15, 0.2) is 41.7 Å². The van der Waals surface area contributed by atoms with E-state index in [2.05, 4.69) is 71.6 Å². The molecule has 0 saturated heterocycles. The lowest BCUT2D eigenvalue weighted by molar-refractivity contribution is -0.720. The van der Waals surface area contributed by atoms with E-state index in [9.17, 15) is 0 Å². The molecular weight excluding hydrogens is 333 g/mol. The van der Waals surface area contributed by atoms with E-state index in [-0.39, 0.29) is 0 Å². The van der Waals surface area contributed by atoms with Crippen LogP contribution in [0.4, 0.5) is 0 Å². The highest BCUT2D eigenvalue weighted by molar-refractivity contribution is 14.1. The van der Waals surface area contributed by atoms with E-state index in [0.29, 0.717) is 6.04 Å². The van der Waals surface area contributed by atoms with Crippen molar-refractivity contribution in [2.75, 3.05) is 0 Å². The molecule has 0 radical (unpaired) electrons. The van der Waals surface area contributed by atoms with Gasteiger partial charge in [-0.3, -0.25) is 0 Å². The topological polar surface area (TPSA) is 3.88 Å². The van der Waals surface area contributed by atoms with Crippen molar-refractivity contribution in [2.45, 2.75) is 43.1 Å². The number of nitrogens with zero attached hydrogens (tertiary/aromatic N) is 1. The second-order valence-corrected chi connectivity index (χ2v) is 7.40. The average molecular weight is 354 g/mol. The number of aromatic nitrogens is 1. The van der Waals surface area contributed by atoms with Crippen LogP contribution in [0.5, 0.6) is 0 Å². The Bertz CT molecular complexity index is 465. The van der Waals surface area contributed by atoms with Gasteiger partial charge in [0, 0.05) is 18.6 Å². The van der Waals surface area contributed by atoms with Crippen molar-refractivity contribution in [3.63, 3.8) is 0 Å². The summed E-state index contributed by atoms with van der Waals surface area (Å²) < 4.78 is 3.21. The molecule has 0 bridgehead atoms. The van der Waals surface area contributed by atoms with E-state index < -0.39 is 0 Å². The summed E-state index contributed by atoms with van der Waals surface area (Å²) in [7, 11) is 0. The first-order chi connectivity index (χ1) is 8.66. The van der Waals surface area contributed by atoms with Crippen LogP contribution in [0, 0.1) is 11.8 Å². The van der Waals surface area contributed by atoms with E-state index in [1.165, 1.54) is 19.3 Å². The fourth-order valence-corrected chi connectivity index (χ4v) is 5.20. The molecule has 1 fully saturated rings. The van der Waals surface area contributed by atoms with E-state index in [0.717, 1.165) is 15.8 Å². The summed E-state index contributed by atoms with van der Waals surface area (Å²) in [5.74, 6) is 1.81. The van der Waals surface area contributed by atoms with Gasteiger partial charge >= 0.3 is 0 Å². The highest BCUT2D eigenvalue weighted by Crippen LogP contribution is 2.50. The molecule has 0 N–H and O–H groups in total. The maximum Gasteiger partial charge on any atom is 0.170 e. The SMILES string of the molecule is CC1=C(C)C[C@@H]2[C@H](C1)C[C@@H]([n+]1ccccc1)[C@@H]2I. The first-order valence-electron chi connectivity index (χ1n) is 6.92. The van der Waals surface area contributed by atoms with Gasteiger partial charge in [-0.1, -0.05) is 39.8 Å². The standard InChI is InChI=1S/C16H21IN/c1-11-8-13-10-15(18-6-4-3-5-7-18)16(17)14(13)9-12(11)2/h3-7,13-16H,8-10H2,1-2H3/q+1/t13-,14-,15-,16-/m1/s1. The number of pyridine rings is 1. The Morgan fingerprint density at radius 3 is 2.44 bits per heavy atom. The lowest BCUT2D eigenvalue weighted by Crippen LogP contribution is -2.41. The number of hydrogen-bond donors (Lipinski definition) is 0. The number of halogens is 1. The number of alkyl halides is 1. The molecule has 0 aliphatic heterocycles. The van der Waals surface area contributed by atoms with Gasteiger partial charge < -0.3 is 0 Å². The van der Waals surface area contributed by atoms with Gasteiger partial charge in [-0.05, 0) is 38.5 Å². The van der Waals surface area contributed by atoms with Gasteiger partial charge in [0.2, 0.25) is 0 Å². The molecule has 96 valence electrons. The fourth-order valence-electron chi connectivity index (χ4n) is 3.69. The van der Waals surface area contributed by atoms with Crippen LogP contribution in [0.3, 0.4) is 0 Å². The molecule has 18 heavy (non-hydrogen) atoms. The summed E-state index contributed by atoms with van der Waals surface area (Å²) in [6.07, 6.45) is 8.49. The molecule has 1 saturated carbocycles. The van der Waals surface area contributed by atoms with E-state index in [1.807, 2.05) is 0 Å². The van der Waals surface area contributed by atoms with Gasteiger partial charge in [0.15, 0.2) is 18.4 Å². The number of fused-ring (bicyclic) bond motifs is 1. The molecule has 0 spiro atoms. The fraction of sp³-hybridized carbons (Fsp3) is 0.562. The summed E-state index contributed by atoms with van der Waals surface area (Å²) >= 11 is 2.71. The smallest absolute Gasteiger partial charge is 0.170 e. The van der Waals surface area contributed by atoms with Crippen LogP contribution < -0.4 is 4.57 Å². The van der Waals surface area contributed by atoms with Gasteiger partial charge in [-0.15, -0.1) is 0 Å². The Morgan fingerprint density at radius 1 is 1.06 bits per heavy atom. The van der Waals surface area contributed by atoms with Crippen molar-refractivity contribution in [1.29, 1.82) is 0 Å². The molecule has 1 heterocycles. The highest BCUT2D eigenvalue weighted by atomic mass is 127. The normalized spacial score (nSPS) is 35.7. The van der Waals surface area contributed by atoms with Crippen molar-refractivity contribution in [3.8, 4) is 0 Å². The predicted octanol–water partition coefficient (Wildman–Crippen LogP) is 4.09. The zero-order valence-electron chi connectivity index (χ0n) is 11.1. The minimum Gasteiger partial charge on any atom is -0.201 e. The molecule has 4 atom stereocenters. The summed E-state index contributed by atoms with van der Waals surface area (Å²) in [6, 6.07) is 7.11. The molecular formula is C16H21IN+. The second-order valence-electron chi connectivity index (χ2n) is 5.96. The van der Waals surface area contributed by atoms with Crippen molar-refractivity contribution in [1.82, 2.24) is 0 Å². The molecule has 2 aliphatic carbocycles. The zero-order chi connectivity index (χ0) is 12.7. The Balaban J connectivity index is 1.84. The van der Waals surface area contributed by atoms with Gasteiger partial charge in [0.25, 0.3) is 0 Å². The largest absolute Gasteiger partial charge is 0.201 e. The minimum atomic E-state index is 0.695. The highest BCUT2D eigenvalue weighted by Gasteiger charge is 2.47. The Morgan fingerprint density at radius 2 is 1.72 bits per heavy atom. The van der Waals surface area contributed by atoms with Crippen LogP contribution in [0.1, 0.15) is 39.2 Å². The van der Waals surface area contributed by atoms with E-state index >= 15 is 0 Å². The summed E-state index contributed by atoms with van der Waals surface area (Å²) in [5.41, 5.74) is 3.30. The Hall–Kier alpha value is -0.380. The van der Waals surface area contributed by atoms with E-state index in [1.54, 1.807) is 11.1 Å². The molecule has 0 unspecified atom stereocenters. The van der Waals surface area contributed by atoms with Crippen LogP contribution in [-0.2, 0) is 0 Å². The predicted molar refractivity (Wildman–Crippen MR) is 82.7 cm³/mol. The molecule has 2 aliphatic rings. The second kappa shape index (κ2) is 4.95. The Kier molecular flexibility index (Phi) is 3.48. The number of hydrogen-bond acceptors (Lipinski definition) is 0. The van der Waals surface area contributed by atoms with Crippen molar-refractivity contribution in [2.24, 2.45) is 11.8 Å². The minimum absolute atomic E-state index is 0.695. The maximum atomic E-state index is 2.71. The lowest BCUT2D eigenvalue weighted by Gasteiger charge is -2.28. The first kappa shape index (κ1) is 12.6. The maximum absolute atomic E-state index is 2.71. The zero-order valence-corrected chi connectivity index (χ0v) is 13.3. The molecule has 1 aromatic rings. The first-order valence-corrected chi connectivity index (χ1v) is 8.16. The quantitative estimate of drug-likeness (QED) is 0.310. The van der Waals surface area contributed by atoms with E-state index in [4.69, 9.17) is 0 Å².